The van der Waals surface area contributed by atoms with Gasteiger partial charge in [-0.15, -0.1) is 0 Å². The van der Waals surface area contributed by atoms with Crippen molar-refractivity contribution in [3.05, 3.63) is 36.5 Å². The van der Waals surface area contributed by atoms with Crippen LogP contribution in [0.25, 0.3) is 0 Å². The average molecular weight is 942 g/mol. The van der Waals surface area contributed by atoms with Gasteiger partial charge >= 0.3 is 17.9 Å². The van der Waals surface area contributed by atoms with Gasteiger partial charge in [-0.1, -0.05) is 295 Å². The molecule has 6 heteroatoms. The van der Waals surface area contributed by atoms with Gasteiger partial charge in [0, 0.05) is 19.3 Å². The summed E-state index contributed by atoms with van der Waals surface area (Å²) in [5.41, 5.74) is 0. The minimum absolute atomic E-state index is 0.0708. The van der Waals surface area contributed by atoms with Crippen molar-refractivity contribution in [1.82, 2.24) is 0 Å². The van der Waals surface area contributed by atoms with Gasteiger partial charge in [-0.3, -0.25) is 14.4 Å². The summed E-state index contributed by atoms with van der Waals surface area (Å²) in [6.45, 7) is 6.56. The fourth-order valence-corrected chi connectivity index (χ4v) is 8.80. The highest BCUT2D eigenvalue weighted by Gasteiger charge is 2.19. The Morgan fingerprint density at radius 2 is 0.582 bits per heavy atom. The van der Waals surface area contributed by atoms with E-state index in [1.54, 1.807) is 0 Å². The molecule has 0 N–H and O–H groups in total. The van der Waals surface area contributed by atoms with Crippen LogP contribution in [-0.4, -0.2) is 37.2 Å². The number of hydrogen-bond acceptors (Lipinski definition) is 6. The van der Waals surface area contributed by atoms with Gasteiger partial charge in [-0.2, -0.15) is 0 Å². The van der Waals surface area contributed by atoms with Gasteiger partial charge in [0.1, 0.15) is 13.2 Å². The second-order valence-electron chi connectivity index (χ2n) is 20.0. The van der Waals surface area contributed by atoms with E-state index in [-0.39, 0.29) is 31.1 Å². The predicted octanol–water partition coefficient (Wildman–Crippen LogP) is 19.7. The van der Waals surface area contributed by atoms with Crippen molar-refractivity contribution in [2.75, 3.05) is 13.2 Å². The molecule has 6 nitrogen and oxygen atoms in total. The Kier molecular flexibility index (Phi) is 54.2. The smallest absolute Gasteiger partial charge is 0.306 e. The number of esters is 3. The van der Waals surface area contributed by atoms with E-state index in [0.29, 0.717) is 19.3 Å². The van der Waals surface area contributed by atoms with E-state index in [0.717, 1.165) is 70.6 Å². The van der Waals surface area contributed by atoms with Crippen LogP contribution < -0.4 is 0 Å². The van der Waals surface area contributed by atoms with Crippen molar-refractivity contribution in [3.8, 4) is 0 Å². The van der Waals surface area contributed by atoms with Gasteiger partial charge in [-0.25, -0.2) is 0 Å². The largest absolute Gasteiger partial charge is 0.462 e. The summed E-state index contributed by atoms with van der Waals surface area (Å²) < 4.78 is 16.9. The lowest BCUT2D eigenvalue weighted by Gasteiger charge is -2.18. The zero-order valence-corrected chi connectivity index (χ0v) is 44.9. The van der Waals surface area contributed by atoms with Gasteiger partial charge in [0.2, 0.25) is 0 Å². The lowest BCUT2D eigenvalue weighted by molar-refractivity contribution is -0.167. The Balaban J connectivity index is 4.33. The zero-order valence-electron chi connectivity index (χ0n) is 44.9. The van der Waals surface area contributed by atoms with E-state index in [4.69, 9.17) is 14.2 Å². The summed E-state index contributed by atoms with van der Waals surface area (Å²) >= 11 is 0. The highest BCUT2D eigenvalue weighted by atomic mass is 16.6. The lowest BCUT2D eigenvalue weighted by Crippen LogP contribution is -2.30. The molecule has 0 aromatic carbocycles. The van der Waals surface area contributed by atoms with Crippen LogP contribution in [0, 0.1) is 0 Å². The molecule has 0 aromatic rings. The molecule has 0 bridgehead atoms. The lowest BCUT2D eigenvalue weighted by atomic mass is 10.0. The Morgan fingerprint density at radius 1 is 0.313 bits per heavy atom. The molecule has 0 aromatic heterocycles. The molecule has 1 atom stereocenters. The Hall–Kier alpha value is -2.37. The third kappa shape index (κ3) is 54.4. The van der Waals surface area contributed by atoms with Crippen LogP contribution in [0.15, 0.2) is 36.5 Å². The number of carbonyl (C=O) groups is 3. The SMILES string of the molecule is CC\C=C/C=C\C=C/CCCCCCCCCC(=O)OCC(COC(=O)CCCCCCCCCCCCCCCCCCC)OC(=O)CCCCCCCCCCCCCCCCCCC. The maximum atomic E-state index is 12.9. The third-order valence-corrected chi connectivity index (χ3v) is 13.2. The first-order chi connectivity index (χ1) is 33.0. The molecule has 0 aliphatic rings. The number of rotatable bonds is 54. The van der Waals surface area contributed by atoms with Gasteiger partial charge < -0.3 is 14.2 Å². The van der Waals surface area contributed by atoms with Crippen molar-refractivity contribution in [1.29, 1.82) is 0 Å². The number of carbonyl (C=O) groups excluding carboxylic acids is 3. The van der Waals surface area contributed by atoms with E-state index in [9.17, 15) is 14.4 Å². The average Bonchev–Trinajstić information content (AvgIpc) is 3.33. The van der Waals surface area contributed by atoms with Gasteiger partial charge in [0.15, 0.2) is 6.10 Å². The standard InChI is InChI=1S/C61H112O6/c1-4-7-10-13-16-19-22-25-28-30-33-36-39-42-45-48-51-54-60(63)66-57-58(56-65-59(62)53-50-47-44-41-38-35-32-27-24-21-18-15-12-9-6-3)67-61(64)55-52-49-46-43-40-37-34-31-29-26-23-20-17-14-11-8-5-2/h9,12,15,18,21,24,58H,4-8,10-11,13-14,16-17,19-20,22-23,25-57H2,1-3H3/b12-9-,18-15-,24-21-. The van der Waals surface area contributed by atoms with Crippen LogP contribution in [0.2, 0.25) is 0 Å². The second kappa shape index (κ2) is 56.2. The normalized spacial score (nSPS) is 12.2. The monoisotopic (exact) mass is 941 g/mol. The summed E-state index contributed by atoms with van der Waals surface area (Å²) in [5, 5.41) is 0. The fourth-order valence-electron chi connectivity index (χ4n) is 8.80. The number of hydrogen-bond donors (Lipinski definition) is 0. The highest BCUT2D eigenvalue weighted by molar-refractivity contribution is 5.71. The van der Waals surface area contributed by atoms with E-state index in [2.05, 4.69) is 57.2 Å². The van der Waals surface area contributed by atoms with Crippen LogP contribution in [-0.2, 0) is 28.6 Å². The number of allylic oxidation sites excluding steroid dienone is 6. The molecule has 0 fully saturated rings. The van der Waals surface area contributed by atoms with Crippen molar-refractivity contribution in [2.24, 2.45) is 0 Å². The summed E-state index contributed by atoms with van der Waals surface area (Å²) in [4.78, 5) is 38.2. The molecular formula is C61H112O6. The summed E-state index contributed by atoms with van der Waals surface area (Å²) in [6.07, 6.45) is 67.1. The van der Waals surface area contributed by atoms with Gasteiger partial charge in [0.05, 0.1) is 0 Å². The van der Waals surface area contributed by atoms with Gasteiger partial charge in [-0.05, 0) is 38.5 Å². The first-order valence-corrected chi connectivity index (χ1v) is 29.5. The summed E-state index contributed by atoms with van der Waals surface area (Å²) in [6, 6.07) is 0. The molecule has 392 valence electrons. The fraction of sp³-hybridized carbons (Fsp3) is 0.852. The Bertz CT molecular complexity index is 1130. The molecule has 67 heavy (non-hydrogen) atoms. The van der Waals surface area contributed by atoms with Crippen LogP contribution in [0.4, 0.5) is 0 Å². The Morgan fingerprint density at radius 3 is 0.896 bits per heavy atom. The molecule has 0 heterocycles. The number of ether oxygens (including phenoxy) is 3. The molecule has 1 unspecified atom stereocenters. The molecule has 0 amide bonds. The highest BCUT2D eigenvalue weighted by Crippen LogP contribution is 2.17. The molecule has 0 aliphatic heterocycles. The zero-order chi connectivity index (χ0) is 48.6. The van der Waals surface area contributed by atoms with Crippen molar-refractivity contribution in [3.63, 3.8) is 0 Å². The molecular weight excluding hydrogens is 829 g/mol. The Labute approximate surface area is 416 Å². The van der Waals surface area contributed by atoms with Crippen LogP contribution in [0.1, 0.15) is 316 Å². The topological polar surface area (TPSA) is 78.9 Å². The van der Waals surface area contributed by atoms with Crippen LogP contribution >= 0.6 is 0 Å². The van der Waals surface area contributed by atoms with Crippen LogP contribution in [0.3, 0.4) is 0 Å². The van der Waals surface area contributed by atoms with E-state index in [1.165, 1.54) is 205 Å². The maximum absolute atomic E-state index is 12.9. The van der Waals surface area contributed by atoms with E-state index in [1.807, 2.05) is 0 Å². The molecule has 0 saturated carbocycles. The van der Waals surface area contributed by atoms with Crippen molar-refractivity contribution >= 4 is 17.9 Å². The third-order valence-electron chi connectivity index (χ3n) is 13.2. The second-order valence-corrected chi connectivity index (χ2v) is 20.0. The first-order valence-electron chi connectivity index (χ1n) is 29.5. The molecule has 0 aliphatic carbocycles. The van der Waals surface area contributed by atoms with Gasteiger partial charge in [0.25, 0.3) is 0 Å². The molecule has 0 radical (unpaired) electrons. The molecule has 0 rings (SSSR count). The molecule has 0 spiro atoms. The number of unbranched alkanes of at least 4 members (excludes halogenated alkanes) is 39. The van der Waals surface area contributed by atoms with E-state index < -0.39 is 6.10 Å². The van der Waals surface area contributed by atoms with Crippen LogP contribution in [0.5, 0.6) is 0 Å². The minimum Gasteiger partial charge on any atom is -0.462 e. The van der Waals surface area contributed by atoms with Crippen molar-refractivity contribution in [2.45, 2.75) is 322 Å². The minimum atomic E-state index is -0.773. The maximum Gasteiger partial charge on any atom is 0.306 e. The molecule has 0 saturated heterocycles. The summed E-state index contributed by atoms with van der Waals surface area (Å²) in [7, 11) is 0. The van der Waals surface area contributed by atoms with E-state index >= 15 is 0 Å². The first kappa shape index (κ1) is 64.6. The van der Waals surface area contributed by atoms with Crippen molar-refractivity contribution < 1.29 is 28.6 Å². The quantitative estimate of drug-likeness (QED) is 0.0262. The predicted molar refractivity (Wildman–Crippen MR) is 289 cm³/mol. The summed E-state index contributed by atoms with van der Waals surface area (Å²) in [5.74, 6) is -0.862.